The second-order valence-corrected chi connectivity index (χ2v) is 11.0. The van der Waals surface area contributed by atoms with Crippen LogP contribution in [-0.2, 0) is 0 Å². The van der Waals surface area contributed by atoms with Gasteiger partial charge in [0.05, 0.1) is 22.1 Å². The molecule has 2 heterocycles. The summed E-state index contributed by atoms with van der Waals surface area (Å²) in [6.45, 7) is 0.128. The minimum atomic E-state index is -0.469. The van der Waals surface area contributed by atoms with Crippen molar-refractivity contribution in [1.29, 1.82) is 0 Å². The number of aliphatic hydroxyl groups excluding tert-OH is 1. The fourth-order valence-corrected chi connectivity index (χ4v) is 6.58. The molecule has 6 heteroatoms. The van der Waals surface area contributed by atoms with Gasteiger partial charge in [0.1, 0.15) is 0 Å². The van der Waals surface area contributed by atoms with Gasteiger partial charge in [0.15, 0.2) is 0 Å². The first-order chi connectivity index (χ1) is 20.1. The third-order valence-electron chi connectivity index (χ3n) is 8.61. The third kappa shape index (κ3) is 4.41. The smallest absolute Gasteiger partial charge is 0.250 e. The molecule has 1 aliphatic carbocycles. The van der Waals surface area contributed by atoms with Gasteiger partial charge in [-0.1, -0.05) is 61.4 Å². The van der Waals surface area contributed by atoms with Gasteiger partial charge in [0.2, 0.25) is 0 Å². The van der Waals surface area contributed by atoms with Crippen molar-refractivity contribution in [3.8, 4) is 16.8 Å². The fraction of sp³-hybridized carbons (Fsp3) is 0.200. The van der Waals surface area contributed by atoms with E-state index in [-0.39, 0.29) is 18.6 Å². The van der Waals surface area contributed by atoms with Crippen molar-refractivity contribution in [3.63, 3.8) is 0 Å². The van der Waals surface area contributed by atoms with Gasteiger partial charge in [0, 0.05) is 57.9 Å². The molecule has 4 aromatic carbocycles. The molecule has 1 aliphatic rings. The molecule has 2 aromatic heterocycles. The van der Waals surface area contributed by atoms with E-state index in [0.29, 0.717) is 11.3 Å². The van der Waals surface area contributed by atoms with E-state index in [0.717, 1.165) is 75.2 Å². The summed E-state index contributed by atoms with van der Waals surface area (Å²) in [7, 11) is 0. The molecule has 204 valence electrons. The number of para-hydroxylation sites is 2. The molecule has 41 heavy (non-hydrogen) atoms. The highest BCUT2D eigenvalue weighted by Crippen LogP contribution is 2.39. The Labute approximate surface area is 238 Å². The van der Waals surface area contributed by atoms with Crippen molar-refractivity contribution in [3.05, 3.63) is 103 Å². The number of aromatic nitrogens is 2. The lowest BCUT2D eigenvalue weighted by atomic mass is 9.85. The first-order valence-corrected chi connectivity index (χ1v) is 14.3. The van der Waals surface area contributed by atoms with Gasteiger partial charge in [-0.05, 0) is 60.9 Å². The molecule has 0 saturated heterocycles. The van der Waals surface area contributed by atoms with Crippen molar-refractivity contribution < 1.29 is 9.90 Å². The zero-order valence-corrected chi connectivity index (χ0v) is 22.8. The van der Waals surface area contributed by atoms with E-state index < -0.39 is 5.91 Å². The molecule has 0 spiro atoms. The number of primary amides is 1. The van der Waals surface area contributed by atoms with Crippen LogP contribution in [-0.4, -0.2) is 33.2 Å². The number of nitrogens with two attached hydrogens (primary N) is 1. The lowest BCUT2D eigenvalue weighted by Crippen LogP contribution is -2.35. The largest absolute Gasteiger partial charge is 0.396 e. The van der Waals surface area contributed by atoms with E-state index >= 15 is 0 Å². The first-order valence-electron chi connectivity index (χ1n) is 14.3. The number of carbonyl (C=O) groups excluding carboxylic acids is 1. The number of nitrogens with one attached hydrogen (secondary N) is 1. The number of hydrogen-bond donors (Lipinski definition) is 3. The summed E-state index contributed by atoms with van der Waals surface area (Å²) in [6, 6.07) is 31.1. The number of amides is 1. The van der Waals surface area contributed by atoms with Gasteiger partial charge in [-0.25, -0.2) is 0 Å². The summed E-state index contributed by atoms with van der Waals surface area (Å²) in [4.78, 5) is 17.2. The van der Waals surface area contributed by atoms with Crippen LogP contribution in [0, 0.1) is 5.92 Å². The highest BCUT2D eigenvalue weighted by atomic mass is 16.3. The third-order valence-corrected chi connectivity index (χ3v) is 8.61. The van der Waals surface area contributed by atoms with Crippen LogP contribution in [0.5, 0.6) is 0 Å². The average Bonchev–Trinajstić information content (AvgIpc) is 3.35. The quantitative estimate of drug-likeness (QED) is 0.211. The van der Waals surface area contributed by atoms with Crippen molar-refractivity contribution >= 4 is 44.3 Å². The minimum absolute atomic E-state index is 0.0901. The summed E-state index contributed by atoms with van der Waals surface area (Å²) in [5, 5.41) is 17.0. The van der Waals surface area contributed by atoms with E-state index in [1.165, 1.54) is 0 Å². The molecule has 6 nitrogen and oxygen atoms in total. The van der Waals surface area contributed by atoms with Crippen LogP contribution in [0.1, 0.15) is 36.0 Å². The number of fused-ring (bicyclic) bond motifs is 4. The van der Waals surface area contributed by atoms with Gasteiger partial charge >= 0.3 is 0 Å². The van der Waals surface area contributed by atoms with Crippen LogP contribution in [0.3, 0.4) is 0 Å². The Kier molecular flexibility index (Phi) is 6.40. The Morgan fingerprint density at radius 2 is 1.73 bits per heavy atom. The second-order valence-electron chi connectivity index (χ2n) is 11.0. The zero-order chi connectivity index (χ0) is 27.9. The number of aliphatic hydroxyl groups is 1. The highest BCUT2D eigenvalue weighted by Gasteiger charge is 2.26. The van der Waals surface area contributed by atoms with Crippen LogP contribution < -0.4 is 11.1 Å². The Bertz CT molecular complexity index is 1930. The second kappa shape index (κ2) is 10.4. The van der Waals surface area contributed by atoms with Gasteiger partial charge in [-0.15, -0.1) is 0 Å². The summed E-state index contributed by atoms with van der Waals surface area (Å²) < 4.78 is 2.25. The van der Waals surface area contributed by atoms with Crippen molar-refractivity contribution in [2.75, 3.05) is 11.9 Å². The molecule has 7 rings (SSSR count). The van der Waals surface area contributed by atoms with Crippen molar-refractivity contribution in [2.24, 2.45) is 11.7 Å². The Morgan fingerprint density at radius 1 is 0.927 bits per heavy atom. The van der Waals surface area contributed by atoms with Crippen LogP contribution in [0.15, 0.2) is 97.2 Å². The van der Waals surface area contributed by atoms with E-state index in [2.05, 4.69) is 64.5 Å². The zero-order valence-electron chi connectivity index (χ0n) is 22.8. The molecule has 2 atom stereocenters. The average molecular weight is 541 g/mol. The van der Waals surface area contributed by atoms with Crippen LogP contribution in [0.4, 0.5) is 5.69 Å². The molecule has 1 unspecified atom stereocenters. The Balaban J connectivity index is 1.42. The maximum atomic E-state index is 12.5. The standard InChI is InChI=1S/C35H32N4O2/c36-35(41)27-17-16-25(19-31(27)38-30-13-5-2-9-23(30)21-40)39-32-14-6-3-10-28(32)34-26(11-7-15-33(34)39)24-18-22-8-1-4-12-29(22)37-20-24/h1,3-4,6-8,10-12,14-20,23,30,38,40H,2,5,9,13,21H2,(H2,36,41)/t23-,30?/m0/s1. The molecule has 4 N–H and O–H groups in total. The predicted octanol–water partition coefficient (Wildman–Crippen LogP) is 7.06. The molecule has 0 bridgehead atoms. The SMILES string of the molecule is NC(=O)c1ccc(-n2c3ccccc3c3c(-c4cnc5ccccc5c4)cccc32)cc1NC1CCCC[C@H]1CO. The predicted molar refractivity (Wildman–Crippen MR) is 166 cm³/mol. The Hall–Kier alpha value is -4.68. The van der Waals surface area contributed by atoms with Crippen LogP contribution in [0.2, 0.25) is 0 Å². The van der Waals surface area contributed by atoms with Crippen LogP contribution >= 0.6 is 0 Å². The monoisotopic (exact) mass is 540 g/mol. The van der Waals surface area contributed by atoms with E-state index in [1.807, 2.05) is 42.6 Å². The molecule has 1 amide bonds. The van der Waals surface area contributed by atoms with E-state index in [1.54, 1.807) is 0 Å². The number of hydrogen-bond acceptors (Lipinski definition) is 4. The maximum absolute atomic E-state index is 12.5. The molecule has 0 aliphatic heterocycles. The lowest BCUT2D eigenvalue weighted by molar-refractivity contribution is 0.100. The van der Waals surface area contributed by atoms with Crippen molar-refractivity contribution in [1.82, 2.24) is 9.55 Å². The first kappa shape index (κ1) is 25.3. The van der Waals surface area contributed by atoms with Crippen LogP contribution in [0.25, 0.3) is 49.5 Å². The summed E-state index contributed by atoms with van der Waals surface area (Å²) in [5.74, 6) is -0.316. The van der Waals surface area contributed by atoms with Gasteiger partial charge in [0.25, 0.3) is 5.91 Å². The molecule has 1 saturated carbocycles. The molecule has 1 fully saturated rings. The molecule has 6 aromatic rings. The number of rotatable bonds is 6. The minimum Gasteiger partial charge on any atom is -0.396 e. The molecule has 0 radical (unpaired) electrons. The molecular formula is C35H32N4O2. The highest BCUT2D eigenvalue weighted by molar-refractivity contribution is 6.16. The van der Waals surface area contributed by atoms with Crippen molar-refractivity contribution in [2.45, 2.75) is 31.7 Å². The van der Waals surface area contributed by atoms with Gasteiger partial charge in [-0.3, -0.25) is 9.78 Å². The molecular weight excluding hydrogens is 508 g/mol. The maximum Gasteiger partial charge on any atom is 0.250 e. The number of nitrogens with zero attached hydrogens (tertiary/aromatic N) is 2. The normalized spacial score (nSPS) is 17.3. The van der Waals surface area contributed by atoms with Gasteiger partial charge < -0.3 is 20.7 Å². The summed E-state index contributed by atoms with van der Waals surface area (Å²) in [5.41, 5.74) is 13.2. The Morgan fingerprint density at radius 3 is 2.61 bits per heavy atom. The fourth-order valence-electron chi connectivity index (χ4n) is 6.58. The number of anilines is 1. The summed E-state index contributed by atoms with van der Waals surface area (Å²) in [6.07, 6.45) is 6.08. The number of carbonyl (C=O) groups is 1. The lowest BCUT2D eigenvalue weighted by Gasteiger charge is -2.32. The van der Waals surface area contributed by atoms with E-state index in [4.69, 9.17) is 10.7 Å². The topological polar surface area (TPSA) is 93.2 Å². The summed E-state index contributed by atoms with van der Waals surface area (Å²) >= 11 is 0. The number of benzene rings is 4. The number of pyridine rings is 1. The van der Waals surface area contributed by atoms with Gasteiger partial charge in [-0.2, -0.15) is 0 Å². The van der Waals surface area contributed by atoms with E-state index in [9.17, 15) is 9.90 Å².